The number of carbonyl (C=O) groups is 4. The third-order valence-corrected chi connectivity index (χ3v) is 7.11. The Bertz CT molecular complexity index is 1290. The van der Waals surface area contributed by atoms with Gasteiger partial charge in [-0.05, 0) is 56.2 Å². The Hall–Kier alpha value is -3.90. The van der Waals surface area contributed by atoms with Gasteiger partial charge in [-0.3, -0.25) is 20.2 Å². The summed E-state index contributed by atoms with van der Waals surface area (Å²) in [7, 11) is 1.48. The van der Waals surface area contributed by atoms with E-state index in [9.17, 15) is 19.2 Å². The summed E-state index contributed by atoms with van der Waals surface area (Å²) in [6.07, 6.45) is -1.58. The van der Waals surface area contributed by atoms with Gasteiger partial charge in [0.1, 0.15) is 6.04 Å². The van der Waals surface area contributed by atoms with Crippen LogP contribution in [0.4, 0.5) is 25.4 Å². The number of fused-ring (bicyclic) bond motifs is 2. The van der Waals surface area contributed by atoms with Crippen molar-refractivity contribution in [3.8, 4) is 0 Å². The molecule has 4 rings (SSSR count). The van der Waals surface area contributed by atoms with E-state index in [1.54, 1.807) is 6.92 Å². The van der Waals surface area contributed by atoms with Gasteiger partial charge in [0.25, 0.3) is 5.91 Å². The van der Waals surface area contributed by atoms with Crippen LogP contribution in [-0.4, -0.2) is 66.4 Å². The Balaban J connectivity index is 1.58. The molecule has 2 aliphatic rings. The number of amides is 4. The zero-order valence-electron chi connectivity index (χ0n) is 21.3. The maximum Gasteiger partial charge on any atom is 0.412 e. The van der Waals surface area contributed by atoms with E-state index in [1.165, 1.54) is 48.4 Å². The van der Waals surface area contributed by atoms with E-state index in [-0.39, 0.29) is 46.9 Å². The summed E-state index contributed by atoms with van der Waals surface area (Å²) < 4.78 is 26.2. The first-order valence-electron chi connectivity index (χ1n) is 12.2. The molecule has 0 aliphatic carbocycles. The first kappa shape index (κ1) is 28.1. The van der Waals surface area contributed by atoms with Gasteiger partial charge in [0.05, 0.1) is 28.9 Å². The molecular formula is C26H28ClFN4O7. The molecule has 2 aromatic carbocycles. The number of anilines is 2. The Morgan fingerprint density at radius 2 is 1.97 bits per heavy atom. The molecule has 2 aromatic rings. The molecule has 0 bridgehead atoms. The zero-order valence-corrected chi connectivity index (χ0v) is 22.0. The lowest BCUT2D eigenvalue weighted by Crippen LogP contribution is -2.57. The molecule has 208 valence electrons. The molecule has 4 amide bonds. The van der Waals surface area contributed by atoms with Crippen molar-refractivity contribution in [1.82, 2.24) is 10.2 Å². The van der Waals surface area contributed by atoms with E-state index >= 15 is 4.39 Å². The molecule has 0 saturated carbocycles. The summed E-state index contributed by atoms with van der Waals surface area (Å²) in [6.45, 7) is 1.91. The standard InChI is InChI=1S/C26H28ClFN4O7/c1-14(38-2)12-19(30-22(33)15-4-6-16(7-5-15)29-24(35)36)23(34)32-11-3-10-26(13-32)20-18(31-25(37)39-26)9-8-17(27)21(20)28/h4-9,14,19,29H,3,10-13H2,1-2H3,(H,30,33)(H,31,37)(H,35,36)/t14-,19+,26-/m0/s1. The zero-order chi connectivity index (χ0) is 28.3. The quantitative estimate of drug-likeness (QED) is 0.396. The van der Waals surface area contributed by atoms with Crippen LogP contribution in [0.15, 0.2) is 36.4 Å². The molecule has 3 atom stereocenters. The van der Waals surface area contributed by atoms with Gasteiger partial charge in [0.2, 0.25) is 5.91 Å². The number of nitrogens with zero attached hydrogens (tertiary/aromatic N) is 1. The monoisotopic (exact) mass is 562 g/mol. The first-order chi connectivity index (χ1) is 18.5. The average Bonchev–Trinajstić information content (AvgIpc) is 2.89. The molecule has 39 heavy (non-hydrogen) atoms. The van der Waals surface area contributed by atoms with Gasteiger partial charge < -0.3 is 24.8 Å². The maximum atomic E-state index is 15.2. The predicted molar refractivity (Wildman–Crippen MR) is 139 cm³/mol. The van der Waals surface area contributed by atoms with Gasteiger partial charge in [-0.25, -0.2) is 14.0 Å². The third-order valence-electron chi connectivity index (χ3n) is 6.81. The van der Waals surface area contributed by atoms with Crippen molar-refractivity contribution in [2.45, 2.75) is 43.9 Å². The van der Waals surface area contributed by atoms with E-state index < -0.39 is 47.6 Å². The molecule has 1 fully saturated rings. The van der Waals surface area contributed by atoms with Gasteiger partial charge in [-0.2, -0.15) is 0 Å². The number of likely N-dealkylation sites (tertiary alicyclic amines) is 1. The summed E-state index contributed by atoms with van der Waals surface area (Å²) in [6, 6.07) is 7.52. The first-order valence-corrected chi connectivity index (χ1v) is 12.6. The molecule has 2 heterocycles. The summed E-state index contributed by atoms with van der Waals surface area (Å²) in [5, 5.41) is 16.1. The molecule has 0 unspecified atom stereocenters. The van der Waals surface area contributed by atoms with Crippen LogP contribution < -0.4 is 16.0 Å². The van der Waals surface area contributed by atoms with E-state index in [0.717, 1.165) is 0 Å². The smallest absolute Gasteiger partial charge is 0.412 e. The summed E-state index contributed by atoms with van der Waals surface area (Å²) in [4.78, 5) is 51.4. The predicted octanol–water partition coefficient (Wildman–Crippen LogP) is 4.17. The number of rotatable bonds is 7. The number of nitrogens with one attached hydrogen (secondary N) is 3. The number of piperidine rings is 1. The largest absolute Gasteiger partial charge is 0.465 e. The number of benzene rings is 2. The highest BCUT2D eigenvalue weighted by Crippen LogP contribution is 2.45. The SMILES string of the molecule is CO[C@@H](C)C[C@@H](NC(=O)c1ccc(NC(=O)O)cc1)C(=O)N1CCC[C@@]2(C1)OC(=O)Nc1ccc(Cl)c(F)c12. The summed E-state index contributed by atoms with van der Waals surface area (Å²) in [5.41, 5.74) is -0.659. The Morgan fingerprint density at radius 3 is 2.64 bits per heavy atom. The number of methoxy groups -OCH3 is 1. The molecule has 0 radical (unpaired) electrons. The molecule has 13 heteroatoms. The van der Waals surface area contributed by atoms with Crippen molar-refractivity contribution in [3.63, 3.8) is 0 Å². The Morgan fingerprint density at radius 1 is 1.26 bits per heavy atom. The fourth-order valence-corrected chi connectivity index (χ4v) is 5.06. The van der Waals surface area contributed by atoms with Crippen molar-refractivity contribution in [2.75, 3.05) is 30.8 Å². The number of carboxylic acid groups (broad SMARTS) is 1. The van der Waals surface area contributed by atoms with Crippen LogP contribution in [0.2, 0.25) is 5.02 Å². The lowest BCUT2D eigenvalue weighted by Gasteiger charge is -2.45. The van der Waals surface area contributed by atoms with E-state index in [2.05, 4.69) is 16.0 Å². The van der Waals surface area contributed by atoms with Gasteiger partial charge in [0, 0.05) is 31.3 Å². The minimum absolute atomic E-state index is 0.0769. The fraction of sp³-hybridized carbons (Fsp3) is 0.385. The molecule has 11 nitrogen and oxygen atoms in total. The van der Waals surface area contributed by atoms with Gasteiger partial charge in [-0.1, -0.05) is 11.6 Å². The number of ether oxygens (including phenoxy) is 2. The average molecular weight is 563 g/mol. The lowest BCUT2D eigenvalue weighted by molar-refractivity contribution is -0.142. The van der Waals surface area contributed by atoms with Gasteiger partial charge in [-0.15, -0.1) is 0 Å². The van der Waals surface area contributed by atoms with Crippen molar-refractivity contribution < 1.29 is 38.1 Å². The fourth-order valence-electron chi connectivity index (χ4n) is 4.90. The topological polar surface area (TPSA) is 146 Å². The molecule has 2 aliphatic heterocycles. The van der Waals surface area contributed by atoms with Crippen LogP contribution in [0.1, 0.15) is 42.1 Å². The summed E-state index contributed by atoms with van der Waals surface area (Å²) in [5.74, 6) is -1.74. The number of hydrogen-bond acceptors (Lipinski definition) is 6. The molecule has 4 N–H and O–H groups in total. The van der Waals surface area contributed by atoms with E-state index in [4.69, 9.17) is 26.2 Å². The highest BCUT2D eigenvalue weighted by molar-refractivity contribution is 6.31. The second kappa shape index (κ2) is 11.5. The Kier molecular flexibility index (Phi) is 8.26. The number of halogens is 2. The second-order valence-electron chi connectivity index (χ2n) is 9.47. The van der Waals surface area contributed by atoms with Crippen molar-refractivity contribution in [3.05, 3.63) is 58.4 Å². The van der Waals surface area contributed by atoms with Crippen LogP contribution in [0.25, 0.3) is 0 Å². The highest BCUT2D eigenvalue weighted by Gasteiger charge is 2.49. The number of hydrogen-bond donors (Lipinski definition) is 4. The van der Waals surface area contributed by atoms with Crippen LogP contribution in [0.5, 0.6) is 0 Å². The normalized spacial score (nSPS) is 19.8. The van der Waals surface area contributed by atoms with Crippen LogP contribution in [-0.2, 0) is 19.9 Å². The number of carbonyl (C=O) groups excluding carboxylic acids is 3. The minimum atomic E-state index is -1.45. The van der Waals surface area contributed by atoms with Crippen molar-refractivity contribution in [1.29, 1.82) is 0 Å². The van der Waals surface area contributed by atoms with Crippen molar-refractivity contribution in [2.24, 2.45) is 0 Å². The summed E-state index contributed by atoms with van der Waals surface area (Å²) >= 11 is 6.04. The van der Waals surface area contributed by atoms with Crippen LogP contribution in [0.3, 0.4) is 0 Å². The molecular weight excluding hydrogens is 535 g/mol. The van der Waals surface area contributed by atoms with Crippen molar-refractivity contribution >= 4 is 47.0 Å². The third kappa shape index (κ3) is 6.07. The van der Waals surface area contributed by atoms with E-state index in [1.807, 2.05) is 0 Å². The van der Waals surface area contributed by atoms with Gasteiger partial charge in [0.15, 0.2) is 11.4 Å². The second-order valence-corrected chi connectivity index (χ2v) is 9.88. The maximum absolute atomic E-state index is 15.2. The van der Waals surface area contributed by atoms with E-state index in [0.29, 0.717) is 13.0 Å². The lowest BCUT2D eigenvalue weighted by atomic mass is 9.82. The molecule has 1 spiro atoms. The molecule has 1 saturated heterocycles. The van der Waals surface area contributed by atoms with Gasteiger partial charge >= 0.3 is 12.2 Å². The minimum Gasteiger partial charge on any atom is -0.465 e. The molecule has 0 aromatic heterocycles. The van der Waals surface area contributed by atoms with Crippen LogP contribution in [0, 0.1) is 5.82 Å². The highest BCUT2D eigenvalue weighted by atomic mass is 35.5. The Labute approximate surface area is 228 Å². The van der Waals surface area contributed by atoms with Crippen LogP contribution >= 0.6 is 11.6 Å².